The zero-order valence-electron chi connectivity index (χ0n) is 26.1. The van der Waals surface area contributed by atoms with Gasteiger partial charge in [-0.05, 0) is 81.3 Å². The van der Waals surface area contributed by atoms with E-state index in [0.29, 0.717) is 18.1 Å². The third-order valence-electron chi connectivity index (χ3n) is 6.01. The number of halogens is 1. The Morgan fingerprint density at radius 1 is 1.04 bits per heavy atom. The number of aromatic carboxylic acids is 1. The van der Waals surface area contributed by atoms with Crippen LogP contribution in [0.25, 0.3) is 5.57 Å². The van der Waals surface area contributed by atoms with Crippen LogP contribution in [-0.4, -0.2) is 88.2 Å². The number of hydrogen-bond donors (Lipinski definition) is 5. The molecule has 0 spiro atoms. The van der Waals surface area contributed by atoms with E-state index in [1.54, 1.807) is 38.2 Å². The summed E-state index contributed by atoms with van der Waals surface area (Å²) in [4.78, 5) is 47.4. The van der Waals surface area contributed by atoms with E-state index in [1.807, 2.05) is 20.8 Å². The van der Waals surface area contributed by atoms with E-state index >= 15 is 0 Å². The number of nitrogens with zero attached hydrogens (tertiary/aromatic N) is 1. The lowest BCUT2D eigenvalue weighted by atomic mass is 9.94. The summed E-state index contributed by atoms with van der Waals surface area (Å²) < 4.78 is 10.5. The number of nitrogens with one attached hydrogen (secondary N) is 1. The molecule has 0 aromatic heterocycles. The monoisotopic (exact) mass is 648 g/mol. The van der Waals surface area contributed by atoms with Gasteiger partial charge in [0.15, 0.2) is 11.5 Å². The van der Waals surface area contributed by atoms with Crippen molar-refractivity contribution in [2.24, 2.45) is 0 Å². The fourth-order valence-electron chi connectivity index (χ4n) is 3.76. The van der Waals surface area contributed by atoms with E-state index in [1.165, 1.54) is 36.3 Å². The van der Waals surface area contributed by atoms with E-state index in [9.17, 15) is 34.5 Å². The molecule has 0 aliphatic rings. The fraction of sp³-hybridized carbons (Fsp3) is 0.375. The maximum Gasteiger partial charge on any atom is 0.453 e. The second-order valence-corrected chi connectivity index (χ2v) is 11.0. The standard InChI is InChI=1S/C24H32ClNO8.C8H9NO2/c1-6-21(29)18-8-7-16(25)13-20(18)19(9-11-27)22(34-24(30,31)32)14-26(5)17(15-28)10-12-33-23(2,3)4;1-9-7-4-2-6(3-5-7)8(10)11/h7-9,11,13-15,17,30-32H,6,10,12H2,1-5H3;2-5,9H,1H3,(H,10,11)/b19-9-,22-14+;. The number of likely N-dealkylation sites (N-methyl/N-ethyl adjacent to an activating group) is 1. The summed E-state index contributed by atoms with van der Waals surface area (Å²) in [6.07, 6.45) is 0.0929. The van der Waals surface area contributed by atoms with Gasteiger partial charge in [0.25, 0.3) is 0 Å². The topological polar surface area (TPSA) is 183 Å². The summed E-state index contributed by atoms with van der Waals surface area (Å²) in [7, 11) is 3.30. The number of benzene rings is 2. The van der Waals surface area contributed by atoms with Crippen molar-refractivity contribution in [3.63, 3.8) is 0 Å². The molecule has 0 aliphatic carbocycles. The van der Waals surface area contributed by atoms with Crippen LogP contribution in [-0.2, 0) is 19.1 Å². The Labute approximate surface area is 267 Å². The second kappa shape index (κ2) is 18.0. The normalized spacial score (nSPS) is 12.8. The molecule has 1 atom stereocenters. The number of allylic oxidation sites excluding steroid dienone is 2. The third-order valence-corrected chi connectivity index (χ3v) is 6.25. The zero-order valence-corrected chi connectivity index (χ0v) is 26.9. The van der Waals surface area contributed by atoms with Crippen LogP contribution in [0.5, 0.6) is 0 Å². The van der Waals surface area contributed by atoms with Crippen molar-refractivity contribution >= 4 is 47.2 Å². The molecule has 1 unspecified atom stereocenters. The first kappa shape index (κ1) is 39.0. The highest BCUT2D eigenvalue weighted by Gasteiger charge is 2.28. The summed E-state index contributed by atoms with van der Waals surface area (Å²) in [6, 6.07) is 10.2. The number of carbonyl (C=O) groups is 4. The van der Waals surface area contributed by atoms with E-state index < -0.39 is 29.5 Å². The van der Waals surface area contributed by atoms with Gasteiger partial charge in [-0.1, -0.05) is 18.5 Å². The number of Topliss-reactive ketones (excluding diaryl/α,β-unsaturated/α-hetero) is 1. The quantitative estimate of drug-likeness (QED) is 0.0466. The second-order valence-electron chi connectivity index (χ2n) is 10.6. The van der Waals surface area contributed by atoms with Crippen molar-refractivity contribution in [1.82, 2.24) is 4.90 Å². The predicted molar refractivity (Wildman–Crippen MR) is 170 cm³/mol. The molecule has 2 aromatic rings. The minimum absolute atomic E-state index is 0.0711. The van der Waals surface area contributed by atoms with Gasteiger partial charge >= 0.3 is 12.1 Å². The molecule has 2 rings (SSSR count). The van der Waals surface area contributed by atoms with Crippen molar-refractivity contribution in [2.45, 2.75) is 58.3 Å². The largest absolute Gasteiger partial charge is 0.478 e. The number of rotatable bonds is 15. The van der Waals surface area contributed by atoms with Gasteiger partial charge in [-0.25, -0.2) is 4.79 Å². The van der Waals surface area contributed by atoms with Crippen LogP contribution in [0.4, 0.5) is 5.69 Å². The minimum atomic E-state index is -3.62. The lowest BCUT2D eigenvalue weighted by Crippen LogP contribution is -2.34. The molecule has 0 amide bonds. The number of carbonyl (C=O) groups excluding carboxylic acids is 3. The number of anilines is 1. The SMILES string of the molecule is CCC(=O)c1ccc(Cl)cc1C(=C/C=O)/C(=C\N(C)C(C=O)CCOC(C)(C)C)OC(O)(O)O.CNc1ccc(C(=O)O)cc1. The van der Waals surface area contributed by atoms with Crippen LogP contribution in [0, 0.1) is 0 Å². The van der Waals surface area contributed by atoms with Crippen LogP contribution >= 0.6 is 11.6 Å². The number of hydrogen-bond acceptors (Lipinski definition) is 11. The third kappa shape index (κ3) is 14.1. The van der Waals surface area contributed by atoms with Gasteiger partial charge < -0.3 is 44.9 Å². The summed E-state index contributed by atoms with van der Waals surface area (Å²) in [5.41, 5.74) is 1.10. The number of ketones is 1. The molecule has 0 radical (unpaired) electrons. The molecular formula is C32H41ClN2O10. The zero-order chi connectivity index (χ0) is 34.4. The molecule has 0 saturated carbocycles. The molecule has 0 aliphatic heterocycles. The number of carboxylic acids is 1. The molecule has 5 N–H and O–H groups in total. The van der Waals surface area contributed by atoms with Gasteiger partial charge in [0, 0.05) is 55.2 Å². The fourth-order valence-corrected chi connectivity index (χ4v) is 3.93. The number of aldehydes is 2. The van der Waals surface area contributed by atoms with E-state index in [4.69, 9.17) is 26.2 Å². The Bertz CT molecular complexity index is 1360. The van der Waals surface area contributed by atoms with Gasteiger partial charge in [0.2, 0.25) is 0 Å². The van der Waals surface area contributed by atoms with Gasteiger partial charge in [-0.3, -0.25) is 9.59 Å². The number of ether oxygens (including phenoxy) is 2. The van der Waals surface area contributed by atoms with Gasteiger partial charge in [-0.2, -0.15) is 0 Å². The summed E-state index contributed by atoms with van der Waals surface area (Å²) >= 11 is 6.11. The molecule has 0 heterocycles. The van der Waals surface area contributed by atoms with E-state index in [2.05, 4.69) is 5.32 Å². The molecule has 13 heteroatoms. The predicted octanol–water partition coefficient (Wildman–Crippen LogP) is 4.09. The maximum atomic E-state index is 12.5. The highest BCUT2D eigenvalue weighted by Crippen LogP contribution is 2.32. The summed E-state index contributed by atoms with van der Waals surface area (Å²) in [5.74, 6) is -1.57. The van der Waals surface area contributed by atoms with Crippen LogP contribution in [0.15, 0.2) is 60.5 Å². The van der Waals surface area contributed by atoms with Crippen molar-refractivity contribution in [2.75, 3.05) is 26.0 Å². The van der Waals surface area contributed by atoms with Crippen LogP contribution in [0.3, 0.4) is 0 Å². The van der Waals surface area contributed by atoms with Gasteiger partial charge in [-0.15, -0.1) is 0 Å². The summed E-state index contributed by atoms with van der Waals surface area (Å²) in [6.45, 7) is 7.53. The Morgan fingerprint density at radius 3 is 2.13 bits per heavy atom. The van der Waals surface area contributed by atoms with Crippen LogP contribution < -0.4 is 5.32 Å². The molecular weight excluding hydrogens is 608 g/mol. The Morgan fingerprint density at radius 2 is 1.67 bits per heavy atom. The lowest BCUT2D eigenvalue weighted by Gasteiger charge is -2.27. The van der Waals surface area contributed by atoms with E-state index in [0.717, 1.165) is 11.8 Å². The number of aliphatic hydroxyl groups is 3. The minimum Gasteiger partial charge on any atom is -0.478 e. The highest BCUT2D eigenvalue weighted by atomic mass is 35.5. The number of carboxylic acid groups (broad SMARTS) is 1. The van der Waals surface area contributed by atoms with Crippen molar-refractivity contribution < 1.29 is 49.1 Å². The smallest absolute Gasteiger partial charge is 0.453 e. The molecule has 0 fully saturated rings. The van der Waals surface area contributed by atoms with Crippen LogP contribution in [0.1, 0.15) is 66.8 Å². The van der Waals surface area contributed by atoms with Crippen molar-refractivity contribution in [1.29, 1.82) is 0 Å². The van der Waals surface area contributed by atoms with E-state index in [-0.39, 0.29) is 47.0 Å². The molecule has 12 nitrogen and oxygen atoms in total. The molecule has 45 heavy (non-hydrogen) atoms. The van der Waals surface area contributed by atoms with Crippen molar-refractivity contribution in [3.8, 4) is 0 Å². The first-order valence-electron chi connectivity index (χ1n) is 13.9. The average molecular weight is 649 g/mol. The summed E-state index contributed by atoms with van der Waals surface area (Å²) in [5, 5.41) is 40.2. The Kier molecular flexibility index (Phi) is 15.6. The highest BCUT2D eigenvalue weighted by molar-refractivity contribution is 6.31. The molecule has 246 valence electrons. The van der Waals surface area contributed by atoms with Gasteiger partial charge in [0.1, 0.15) is 12.6 Å². The molecule has 2 aromatic carbocycles. The Balaban J connectivity index is 0.000000768. The first-order chi connectivity index (χ1) is 21.0. The first-order valence-corrected chi connectivity index (χ1v) is 14.2. The maximum absolute atomic E-state index is 12.5. The van der Waals surface area contributed by atoms with Crippen molar-refractivity contribution in [3.05, 3.63) is 82.2 Å². The Hall–Kier alpha value is -4.07. The lowest BCUT2D eigenvalue weighted by molar-refractivity contribution is -0.440. The van der Waals surface area contributed by atoms with Crippen LogP contribution in [0.2, 0.25) is 5.02 Å². The average Bonchev–Trinajstić information content (AvgIpc) is 2.96. The molecule has 0 saturated heterocycles. The van der Waals surface area contributed by atoms with Gasteiger partial charge in [0.05, 0.1) is 17.2 Å². The molecule has 0 bridgehead atoms.